The van der Waals surface area contributed by atoms with Crippen LogP contribution in [0, 0.1) is 6.92 Å². The molecule has 0 N–H and O–H groups in total. The van der Waals surface area contributed by atoms with Gasteiger partial charge in [0.05, 0.1) is 0 Å². The zero-order valence-corrected chi connectivity index (χ0v) is 13.5. The molecule has 1 amide bonds. The Hall–Kier alpha value is -1.85. The third-order valence-electron chi connectivity index (χ3n) is 3.32. The molecular weight excluding hydrogens is 268 g/mol. The highest BCUT2D eigenvalue weighted by Gasteiger charge is 2.31. The molecule has 6 nitrogen and oxygen atoms in total. The molecule has 0 aliphatic carbocycles. The first-order valence-electron chi connectivity index (χ1n) is 7.30. The first-order chi connectivity index (χ1) is 9.76. The van der Waals surface area contributed by atoms with Gasteiger partial charge in [0.15, 0.2) is 0 Å². The zero-order chi connectivity index (χ0) is 15.6. The fraction of sp³-hybridized carbons (Fsp3) is 0.667. The van der Waals surface area contributed by atoms with E-state index in [1.807, 2.05) is 40.7 Å². The number of aromatic nitrogens is 2. The van der Waals surface area contributed by atoms with Crippen molar-refractivity contribution in [3.05, 3.63) is 18.0 Å². The van der Waals surface area contributed by atoms with Gasteiger partial charge in [-0.25, -0.2) is 14.8 Å². The van der Waals surface area contributed by atoms with Crippen molar-refractivity contribution in [2.75, 3.05) is 24.5 Å². The number of rotatable bonds is 1. The van der Waals surface area contributed by atoms with E-state index in [0.717, 1.165) is 11.6 Å². The summed E-state index contributed by atoms with van der Waals surface area (Å²) in [5, 5.41) is 0. The highest BCUT2D eigenvalue weighted by atomic mass is 16.6. The van der Waals surface area contributed by atoms with Crippen LogP contribution in [0.5, 0.6) is 0 Å². The number of ether oxygens (including phenoxy) is 1. The molecule has 0 radical (unpaired) electrons. The second-order valence-electron chi connectivity index (χ2n) is 6.47. The molecule has 0 unspecified atom stereocenters. The van der Waals surface area contributed by atoms with Gasteiger partial charge in [0.2, 0.25) is 5.95 Å². The van der Waals surface area contributed by atoms with Crippen molar-refractivity contribution in [3.8, 4) is 0 Å². The van der Waals surface area contributed by atoms with Crippen LogP contribution in [-0.2, 0) is 4.74 Å². The molecule has 1 aromatic heterocycles. The maximum Gasteiger partial charge on any atom is 0.410 e. The lowest BCUT2D eigenvalue weighted by atomic mass is 10.2. The van der Waals surface area contributed by atoms with E-state index in [1.165, 1.54) is 0 Å². The van der Waals surface area contributed by atoms with Gasteiger partial charge in [-0.2, -0.15) is 0 Å². The van der Waals surface area contributed by atoms with Crippen LogP contribution in [0.15, 0.2) is 12.3 Å². The van der Waals surface area contributed by atoms with Crippen LogP contribution < -0.4 is 4.90 Å². The van der Waals surface area contributed by atoms with Gasteiger partial charge < -0.3 is 14.5 Å². The molecule has 1 fully saturated rings. The molecule has 0 spiro atoms. The number of piperazine rings is 1. The summed E-state index contributed by atoms with van der Waals surface area (Å²) < 4.78 is 5.44. The normalized spacial score (nSPS) is 19.6. The molecule has 2 rings (SSSR count). The number of anilines is 1. The summed E-state index contributed by atoms with van der Waals surface area (Å²) in [4.78, 5) is 24.8. The molecule has 21 heavy (non-hydrogen) atoms. The van der Waals surface area contributed by atoms with Crippen molar-refractivity contribution in [2.24, 2.45) is 0 Å². The second-order valence-corrected chi connectivity index (χ2v) is 6.47. The maximum atomic E-state index is 12.2. The van der Waals surface area contributed by atoms with Crippen LogP contribution >= 0.6 is 0 Å². The first kappa shape index (κ1) is 15.5. The summed E-state index contributed by atoms with van der Waals surface area (Å²) in [5.41, 5.74) is 0.482. The molecule has 1 atom stereocenters. The summed E-state index contributed by atoms with van der Waals surface area (Å²) in [5.74, 6) is 0.727. The summed E-state index contributed by atoms with van der Waals surface area (Å²) in [6.45, 7) is 11.7. The average molecular weight is 292 g/mol. The second kappa shape index (κ2) is 5.87. The van der Waals surface area contributed by atoms with E-state index in [4.69, 9.17) is 4.74 Å². The summed E-state index contributed by atoms with van der Waals surface area (Å²) in [6, 6.07) is 1.95. The Balaban J connectivity index is 2.01. The van der Waals surface area contributed by atoms with Gasteiger partial charge in [0, 0.05) is 37.6 Å². The molecule has 2 heterocycles. The predicted molar refractivity (Wildman–Crippen MR) is 81.4 cm³/mol. The Morgan fingerprint density at radius 3 is 2.67 bits per heavy atom. The molecule has 0 aromatic carbocycles. The highest BCUT2D eigenvalue weighted by molar-refractivity contribution is 5.69. The van der Waals surface area contributed by atoms with Gasteiger partial charge in [0.1, 0.15) is 5.60 Å². The van der Waals surface area contributed by atoms with Crippen LogP contribution in [0.1, 0.15) is 33.4 Å². The quantitative estimate of drug-likeness (QED) is 0.794. The van der Waals surface area contributed by atoms with Crippen LogP contribution in [0.2, 0.25) is 0 Å². The van der Waals surface area contributed by atoms with E-state index < -0.39 is 5.60 Å². The van der Waals surface area contributed by atoms with Crippen molar-refractivity contribution in [1.82, 2.24) is 14.9 Å². The summed E-state index contributed by atoms with van der Waals surface area (Å²) in [7, 11) is 0. The summed E-state index contributed by atoms with van der Waals surface area (Å²) >= 11 is 0. The molecule has 1 aliphatic heterocycles. The van der Waals surface area contributed by atoms with E-state index in [9.17, 15) is 4.79 Å². The van der Waals surface area contributed by atoms with Gasteiger partial charge >= 0.3 is 6.09 Å². The maximum absolute atomic E-state index is 12.2. The standard InChI is InChI=1S/C15H24N4O2/c1-11-6-7-16-13(17-11)18-8-9-19(12(2)10-18)14(20)21-15(3,4)5/h6-7,12H,8-10H2,1-5H3/t12-/m0/s1. The SMILES string of the molecule is Cc1ccnc(N2CCN(C(=O)OC(C)(C)C)[C@@H](C)C2)n1. The van der Waals surface area contributed by atoms with Gasteiger partial charge in [-0.15, -0.1) is 0 Å². The largest absolute Gasteiger partial charge is 0.444 e. The lowest BCUT2D eigenvalue weighted by molar-refractivity contribution is 0.0158. The predicted octanol–water partition coefficient (Wildman–Crippen LogP) is 2.23. The fourth-order valence-corrected chi connectivity index (χ4v) is 2.32. The zero-order valence-electron chi connectivity index (χ0n) is 13.5. The van der Waals surface area contributed by atoms with E-state index in [-0.39, 0.29) is 12.1 Å². The smallest absolute Gasteiger partial charge is 0.410 e. The van der Waals surface area contributed by atoms with Crippen LogP contribution in [0.3, 0.4) is 0 Å². The average Bonchev–Trinajstić information content (AvgIpc) is 2.36. The third-order valence-corrected chi connectivity index (χ3v) is 3.32. The van der Waals surface area contributed by atoms with E-state index >= 15 is 0 Å². The van der Waals surface area contributed by atoms with Crippen molar-refractivity contribution < 1.29 is 9.53 Å². The number of hydrogen-bond donors (Lipinski definition) is 0. The third kappa shape index (κ3) is 4.06. The molecule has 0 saturated carbocycles. The minimum Gasteiger partial charge on any atom is -0.444 e. The molecule has 116 valence electrons. The molecule has 1 saturated heterocycles. The lowest BCUT2D eigenvalue weighted by Crippen LogP contribution is -2.55. The molecule has 6 heteroatoms. The van der Waals surface area contributed by atoms with E-state index in [1.54, 1.807) is 11.1 Å². The van der Waals surface area contributed by atoms with E-state index in [0.29, 0.717) is 19.6 Å². The number of amides is 1. The Labute approximate surface area is 126 Å². The number of carbonyl (C=O) groups is 1. The Bertz CT molecular complexity index is 513. The minimum absolute atomic E-state index is 0.0673. The van der Waals surface area contributed by atoms with Crippen molar-refractivity contribution in [2.45, 2.75) is 46.3 Å². The van der Waals surface area contributed by atoms with Gasteiger partial charge in [-0.3, -0.25) is 0 Å². The van der Waals surface area contributed by atoms with Crippen molar-refractivity contribution in [1.29, 1.82) is 0 Å². The molecule has 0 bridgehead atoms. The Morgan fingerprint density at radius 1 is 1.38 bits per heavy atom. The van der Waals surface area contributed by atoms with Gasteiger partial charge in [-0.05, 0) is 40.7 Å². The van der Waals surface area contributed by atoms with Gasteiger partial charge in [0.25, 0.3) is 0 Å². The van der Waals surface area contributed by atoms with Crippen LogP contribution in [-0.4, -0.2) is 52.2 Å². The Morgan fingerprint density at radius 2 is 2.10 bits per heavy atom. The first-order valence-corrected chi connectivity index (χ1v) is 7.30. The molecule has 1 aliphatic rings. The molecule has 1 aromatic rings. The van der Waals surface area contributed by atoms with Crippen molar-refractivity contribution in [3.63, 3.8) is 0 Å². The van der Waals surface area contributed by atoms with E-state index in [2.05, 4.69) is 14.9 Å². The number of aryl methyl sites for hydroxylation is 1. The van der Waals surface area contributed by atoms with Crippen LogP contribution in [0.4, 0.5) is 10.7 Å². The number of nitrogens with zero attached hydrogens (tertiary/aromatic N) is 4. The Kier molecular flexibility index (Phi) is 4.34. The summed E-state index contributed by atoms with van der Waals surface area (Å²) in [6.07, 6.45) is 1.52. The molecular formula is C15H24N4O2. The fourth-order valence-electron chi connectivity index (χ4n) is 2.32. The number of hydrogen-bond acceptors (Lipinski definition) is 5. The monoisotopic (exact) mass is 292 g/mol. The number of carbonyl (C=O) groups excluding carboxylic acids is 1. The minimum atomic E-state index is -0.465. The topological polar surface area (TPSA) is 58.6 Å². The highest BCUT2D eigenvalue weighted by Crippen LogP contribution is 2.18. The van der Waals surface area contributed by atoms with Crippen molar-refractivity contribution >= 4 is 12.0 Å². The lowest BCUT2D eigenvalue weighted by Gasteiger charge is -2.40. The van der Waals surface area contributed by atoms with Crippen LogP contribution in [0.25, 0.3) is 0 Å². The van der Waals surface area contributed by atoms with Gasteiger partial charge in [-0.1, -0.05) is 0 Å².